The van der Waals surface area contributed by atoms with E-state index in [1.165, 1.54) is 24.3 Å². The summed E-state index contributed by atoms with van der Waals surface area (Å²) in [6, 6.07) is 5.13. The first-order chi connectivity index (χ1) is 5.00. The average Bonchev–Trinajstić information content (AvgIpc) is 1.86. The number of hydrogen-bond acceptors (Lipinski definition) is 4. The first-order valence-electron chi connectivity index (χ1n) is 2.88. The maximum absolute atomic E-state index is 10.4. The zero-order valence-electron chi connectivity index (χ0n) is 7.56. The topological polar surface area (TPSA) is 89.2 Å². The van der Waals surface area contributed by atoms with E-state index in [0.29, 0.717) is 5.69 Å². The Morgan fingerprint density at radius 3 is 1.77 bits per heavy atom. The minimum absolute atomic E-state index is 0. The number of nitrogen functional groups attached to an aromatic ring is 1. The van der Waals surface area contributed by atoms with Crippen LogP contribution in [0.25, 0.3) is 0 Å². The molecule has 13 heavy (non-hydrogen) atoms. The van der Waals surface area contributed by atoms with Crippen molar-refractivity contribution < 1.29 is 117 Å². The number of anilines is 1. The summed E-state index contributed by atoms with van der Waals surface area (Å²) < 4.78 is 10.4. The minimum atomic E-state index is -4.59. The van der Waals surface area contributed by atoms with Gasteiger partial charge in [-0.05, 0) is 25.0 Å². The third kappa shape index (κ3) is 6.57. The first-order valence-corrected chi connectivity index (χ1v) is 4.42. The van der Waals surface area contributed by atoms with E-state index in [4.69, 9.17) is 5.73 Å². The summed E-state index contributed by atoms with van der Waals surface area (Å²) >= 11 is 0. The number of hydrogen-bond donors (Lipinski definition) is 1. The molecule has 0 atom stereocenters. The van der Waals surface area contributed by atoms with E-state index in [2.05, 4.69) is 0 Å². The summed E-state index contributed by atoms with van der Waals surface area (Å²) in [5, 5.41) is -0.230. The zero-order valence-corrected chi connectivity index (χ0v) is 14.7. The zero-order chi connectivity index (χ0) is 8.48. The van der Waals surface area contributed by atoms with Gasteiger partial charge in [0.1, 0.15) is 0 Å². The monoisotopic (exact) mass is 249 g/mol. The number of benzene rings is 1. The van der Waals surface area contributed by atoms with Gasteiger partial charge >= 0.3 is 103 Å². The van der Waals surface area contributed by atoms with Crippen molar-refractivity contribution in [2.75, 3.05) is 5.73 Å². The summed E-state index contributed by atoms with van der Waals surface area (Å²) in [6.07, 6.45) is 0. The van der Waals surface area contributed by atoms with Crippen LogP contribution in [0.15, 0.2) is 24.3 Å². The molecule has 1 aromatic carbocycles. The quantitative estimate of drug-likeness (QED) is 0.304. The van der Waals surface area contributed by atoms with E-state index in [1.54, 1.807) is 0 Å². The Morgan fingerprint density at radius 1 is 1.08 bits per heavy atom. The van der Waals surface area contributed by atoms with Crippen LogP contribution >= 0.6 is 7.60 Å². The third-order valence-corrected chi connectivity index (χ3v) is 2.14. The molecule has 2 N–H and O–H groups in total. The maximum Gasteiger partial charge on any atom is 1.00 e. The maximum atomic E-state index is 10.4. The van der Waals surface area contributed by atoms with Gasteiger partial charge in [-0.25, -0.2) is 0 Å². The van der Waals surface area contributed by atoms with Crippen molar-refractivity contribution >= 4 is 18.6 Å². The van der Waals surface area contributed by atoms with Crippen LogP contribution in [0.3, 0.4) is 0 Å². The van der Waals surface area contributed by atoms with Crippen molar-refractivity contribution in [3.63, 3.8) is 0 Å². The predicted molar refractivity (Wildman–Crippen MR) is 38.1 cm³/mol. The van der Waals surface area contributed by atoms with Crippen LogP contribution in [-0.4, -0.2) is 0 Å². The molecule has 0 saturated carbocycles. The molecule has 4 nitrogen and oxygen atoms in total. The number of rotatable bonds is 1. The van der Waals surface area contributed by atoms with Gasteiger partial charge in [0, 0.05) is 5.69 Å². The van der Waals surface area contributed by atoms with Crippen molar-refractivity contribution in [2.45, 2.75) is 0 Å². The van der Waals surface area contributed by atoms with Crippen molar-refractivity contribution in [3.05, 3.63) is 24.3 Å². The standard InChI is InChI=1S/C6H8NO3P.2K/c7-5-1-3-6(4-2-5)11(8,9)10;;/h1-4H,7H2,(H2,8,9,10);;/q;2*+1/p-2. The van der Waals surface area contributed by atoms with E-state index < -0.39 is 7.60 Å². The van der Waals surface area contributed by atoms with Crippen molar-refractivity contribution in [1.82, 2.24) is 0 Å². The third-order valence-electron chi connectivity index (χ3n) is 1.21. The fraction of sp³-hybridized carbons (Fsp3) is 0. The Labute approximate surface area is 162 Å². The van der Waals surface area contributed by atoms with Crippen LogP contribution in [-0.2, 0) is 4.57 Å². The molecule has 0 aliphatic rings. The molecule has 0 saturated heterocycles. The van der Waals surface area contributed by atoms with E-state index in [9.17, 15) is 14.4 Å². The Balaban J connectivity index is 0. The van der Waals surface area contributed by atoms with Crippen LogP contribution in [0.1, 0.15) is 0 Å². The first kappa shape index (κ1) is 17.8. The Hall–Kier alpha value is 2.44. The second kappa shape index (κ2) is 7.67. The molecule has 7 heteroatoms. The predicted octanol–water partition coefficient (Wildman–Crippen LogP) is -7.18. The Morgan fingerprint density at radius 2 is 1.46 bits per heavy atom. The molecule has 1 rings (SSSR count). The van der Waals surface area contributed by atoms with Gasteiger partial charge in [0.05, 0.1) is 0 Å². The molecule has 0 aliphatic heterocycles. The molecule has 0 fully saturated rings. The summed E-state index contributed by atoms with van der Waals surface area (Å²) in [5.74, 6) is 0. The fourth-order valence-electron chi connectivity index (χ4n) is 0.657. The van der Waals surface area contributed by atoms with Gasteiger partial charge in [0.15, 0.2) is 0 Å². The van der Waals surface area contributed by atoms with Gasteiger partial charge in [-0.3, -0.25) is 0 Å². The smallest absolute Gasteiger partial charge is 0.807 e. The summed E-state index contributed by atoms with van der Waals surface area (Å²) in [7, 11) is -4.59. The SMILES string of the molecule is Nc1ccc(P(=O)([O-])[O-])cc1.[K+].[K+]. The molecule has 0 aromatic heterocycles. The van der Waals surface area contributed by atoms with Gasteiger partial charge in [0.25, 0.3) is 0 Å². The fourth-order valence-corrected chi connectivity index (χ4v) is 1.17. The number of nitrogens with two attached hydrogens (primary N) is 1. The van der Waals surface area contributed by atoms with Gasteiger partial charge in [-0.15, -0.1) is 0 Å². The van der Waals surface area contributed by atoms with Gasteiger partial charge < -0.3 is 20.1 Å². The van der Waals surface area contributed by atoms with Crippen molar-refractivity contribution in [2.24, 2.45) is 0 Å². The van der Waals surface area contributed by atoms with Crippen LogP contribution in [0.2, 0.25) is 0 Å². The van der Waals surface area contributed by atoms with Crippen LogP contribution < -0.4 is 124 Å². The van der Waals surface area contributed by atoms with E-state index >= 15 is 0 Å². The van der Waals surface area contributed by atoms with Crippen molar-refractivity contribution in [3.8, 4) is 0 Å². The summed E-state index contributed by atoms with van der Waals surface area (Å²) in [5.41, 5.74) is 5.71. The molecule has 0 heterocycles. The second-order valence-electron chi connectivity index (χ2n) is 2.09. The molecule has 0 aliphatic carbocycles. The van der Waals surface area contributed by atoms with Crippen LogP contribution in [0, 0.1) is 0 Å². The molecular weight excluding hydrogens is 243 g/mol. The average molecular weight is 249 g/mol. The van der Waals surface area contributed by atoms with Crippen LogP contribution in [0.4, 0.5) is 5.69 Å². The van der Waals surface area contributed by atoms with Crippen LogP contribution in [0.5, 0.6) is 0 Å². The molecule has 0 radical (unpaired) electrons. The van der Waals surface area contributed by atoms with Gasteiger partial charge in [-0.1, -0.05) is 12.1 Å². The normalized spacial score (nSPS) is 9.69. The van der Waals surface area contributed by atoms with E-state index in [-0.39, 0.29) is 108 Å². The largest absolute Gasteiger partial charge is 1.00 e. The molecule has 1 aromatic rings. The Kier molecular flexibility index (Phi) is 10.5. The summed E-state index contributed by atoms with van der Waals surface area (Å²) in [6.45, 7) is 0. The molecule has 0 spiro atoms. The minimum Gasteiger partial charge on any atom is -0.807 e. The van der Waals surface area contributed by atoms with Gasteiger partial charge in [-0.2, -0.15) is 0 Å². The second-order valence-corrected chi connectivity index (χ2v) is 3.60. The van der Waals surface area contributed by atoms with E-state index in [1.807, 2.05) is 0 Å². The van der Waals surface area contributed by atoms with Gasteiger partial charge in [0.2, 0.25) is 0 Å². The van der Waals surface area contributed by atoms with E-state index in [0.717, 1.165) is 0 Å². The summed E-state index contributed by atoms with van der Waals surface area (Å²) in [4.78, 5) is 20.8. The molecule has 0 amide bonds. The molecular formula is C6H6K2NO3P. The molecule has 0 bridgehead atoms. The Bertz CT molecular complexity index is 297. The molecule has 60 valence electrons. The van der Waals surface area contributed by atoms with Crippen molar-refractivity contribution in [1.29, 1.82) is 0 Å². The molecule has 0 unspecified atom stereocenters.